The highest BCUT2D eigenvalue weighted by Gasteiger charge is 2.53. The number of aliphatic carboxylic acids is 1. The van der Waals surface area contributed by atoms with Gasteiger partial charge in [0.05, 0.1) is 6.61 Å². The van der Waals surface area contributed by atoms with E-state index in [9.17, 15) is 14.7 Å². The normalized spacial score (nSPS) is 23.6. The van der Waals surface area contributed by atoms with Crippen LogP contribution in [0.3, 0.4) is 0 Å². The lowest BCUT2D eigenvalue weighted by atomic mass is 9.96. The van der Waals surface area contributed by atoms with Gasteiger partial charge in [-0.25, -0.2) is 4.79 Å². The average Bonchev–Trinajstić information content (AvgIpc) is 2.94. The molecule has 2 saturated heterocycles. The second kappa shape index (κ2) is 6.53. The van der Waals surface area contributed by atoms with Gasteiger partial charge in [-0.15, -0.1) is 0 Å². The summed E-state index contributed by atoms with van der Waals surface area (Å²) >= 11 is 0. The molecule has 2 heterocycles. The molecule has 1 aromatic rings. The van der Waals surface area contributed by atoms with E-state index in [-0.39, 0.29) is 12.5 Å². The van der Waals surface area contributed by atoms with Crippen LogP contribution in [0.15, 0.2) is 24.3 Å². The Morgan fingerprint density at radius 1 is 1.33 bits per heavy atom. The van der Waals surface area contributed by atoms with Crippen molar-refractivity contribution in [3.8, 4) is 0 Å². The maximum atomic E-state index is 13.1. The van der Waals surface area contributed by atoms with Crippen LogP contribution in [0.4, 0.5) is 0 Å². The van der Waals surface area contributed by atoms with E-state index in [1.165, 1.54) is 4.90 Å². The minimum atomic E-state index is -1.01. The molecule has 130 valence electrons. The molecule has 2 fully saturated rings. The first kappa shape index (κ1) is 16.9. The summed E-state index contributed by atoms with van der Waals surface area (Å²) in [7, 11) is 0. The highest BCUT2D eigenvalue weighted by Crippen LogP contribution is 2.38. The molecule has 2 aliphatic heterocycles. The Balaban J connectivity index is 1.92. The third kappa shape index (κ3) is 2.91. The molecule has 1 atom stereocenters. The predicted molar refractivity (Wildman–Crippen MR) is 88.8 cm³/mol. The van der Waals surface area contributed by atoms with Crippen LogP contribution < -0.4 is 0 Å². The van der Waals surface area contributed by atoms with Crippen molar-refractivity contribution in [2.45, 2.75) is 38.5 Å². The number of benzene rings is 1. The van der Waals surface area contributed by atoms with Gasteiger partial charge in [0, 0.05) is 31.5 Å². The fraction of sp³-hybridized carbons (Fsp3) is 0.556. The van der Waals surface area contributed by atoms with E-state index in [0.29, 0.717) is 18.4 Å². The molecule has 0 radical (unpaired) electrons. The van der Waals surface area contributed by atoms with Gasteiger partial charge in [0.15, 0.2) is 6.04 Å². The monoisotopic (exact) mass is 332 g/mol. The van der Waals surface area contributed by atoms with Crippen LogP contribution in [0, 0.1) is 6.92 Å². The van der Waals surface area contributed by atoms with E-state index < -0.39 is 17.7 Å². The number of ether oxygens (including phenoxy) is 1. The number of amides is 1. The summed E-state index contributed by atoms with van der Waals surface area (Å²) in [6, 6.07) is 6.35. The standard InChI is InChI=1S/C18H24N2O4/c1-3-19-9-7-18(8-10-19)20(15(12-24-18)17(22)23)16(21)14-6-4-5-13(2)11-14/h4-6,11,15H,3,7-10,12H2,1-2H3,(H,22,23)/t15-/m1/s1. The second-order valence-corrected chi connectivity index (χ2v) is 6.59. The summed E-state index contributed by atoms with van der Waals surface area (Å²) in [5, 5.41) is 9.56. The maximum Gasteiger partial charge on any atom is 0.328 e. The number of nitrogens with zero attached hydrogens (tertiary/aromatic N) is 2. The van der Waals surface area contributed by atoms with Gasteiger partial charge in [-0.3, -0.25) is 9.69 Å². The fourth-order valence-corrected chi connectivity index (χ4v) is 3.69. The van der Waals surface area contributed by atoms with Gasteiger partial charge in [0.25, 0.3) is 5.91 Å². The van der Waals surface area contributed by atoms with Gasteiger partial charge >= 0.3 is 5.97 Å². The molecule has 1 N–H and O–H groups in total. The van der Waals surface area contributed by atoms with Crippen LogP contribution in [0.5, 0.6) is 0 Å². The molecule has 0 saturated carbocycles. The first-order valence-electron chi connectivity index (χ1n) is 8.46. The van der Waals surface area contributed by atoms with Crippen LogP contribution in [-0.4, -0.2) is 64.8 Å². The number of carbonyl (C=O) groups excluding carboxylic acids is 1. The van der Waals surface area contributed by atoms with Gasteiger partial charge in [0.1, 0.15) is 5.72 Å². The quantitative estimate of drug-likeness (QED) is 0.913. The van der Waals surface area contributed by atoms with Crippen LogP contribution in [-0.2, 0) is 9.53 Å². The molecular weight excluding hydrogens is 308 g/mol. The molecule has 6 heteroatoms. The van der Waals surface area contributed by atoms with Crippen LogP contribution in [0.25, 0.3) is 0 Å². The number of hydrogen-bond acceptors (Lipinski definition) is 4. The fourth-order valence-electron chi connectivity index (χ4n) is 3.69. The third-order valence-corrected chi connectivity index (χ3v) is 5.11. The molecule has 3 rings (SSSR count). The van der Waals surface area contributed by atoms with Gasteiger partial charge in [0.2, 0.25) is 0 Å². The van der Waals surface area contributed by atoms with E-state index in [4.69, 9.17) is 4.74 Å². The van der Waals surface area contributed by atoms with Crippen LogP contribution >= 0.6 is 0 Å². The van der Waals surface area contributed by atoms with Gasteiger partial charge < -0.3 is 14.7 Å². The number of hydrogen-bond donors (Lipinski definition) is 1. The molecule has 0 unspecified atom stereocenters. The van der Waals surface area contributed by atoms with Crippen LogP contribution in [0.1, 0.15) is 35.7 Å². The molecule has 6 nitrogen and oxygen atoms in total. The zero-order chi connectivity index (χ0) is 17.3. The van der Waals surface area contributed by atoms with Crippen molar-refractivity contribution in [1.82, 2.24) is 9.80 Å². The second-order valence-electron chi connectivity index (χ2n) is 6.59. The zero-order valence-corrected chi connectivity index (χ0v) is 14.2. The molecule has 0 aliphatic carbocycles. The minimum Gasteiger partial charge on any atom is -0.480 e. The molecular formula is C18H24N2O4. The third-order valence-electron chi connectivity index (χ3n) is 5.11. The van der Waals surface area contributed by atoms with E-state index in [2.05, 4.69) is 11.8 Å². The van der Waals surface area contributed by atoms with Crippen molar-refractivity contribution in [2.75, 3.05) is 26.2 Å². The molecule has 0 aromatic heterocycles. The lowest BCUT2D eigenvalue weighted by Gasteiger charge is -2.44. The Morgan fingerprint density at radius 2 is 2.04 bits per heavy atom. The smallest absolute Gasteiger partial charge is 0.328 e. The SMILES string of the molecule is CCN1CCC2(CC1)OC[C@H](C(=O)O)N2C(=O)c1cccc(C)c1. The minimum absolute atomic E-state index is 0.0546. The Labute approximate surface area is 142 Å². The van der Waals surface area contributed by atoms with Gasteiger partial charge in [-0.1, -0.05) is 24.6 Å². The Kier molecular flexibility index (Phi) is 4.60. The van der Waals surface area contributed by atoms with Crippen molar-refractivity contribution in [3.05, 3.63) is 35.4 Å². The highest BCUT2D eigenvalue weighted by molar-refractivity contribution is 5.97. The van der Waals surface area contributed by atoms with E-state index in [1.807, 2.05) is 19.1 Å². The molecule has 1 amide bonds. The molecule has 24 heavy (non-hydrogen) atoms. The lowest BCUT2D eigenvalue weighted by Crippen LogP contribution is -2.58. The topological polar surface area (TPSA) is 70.1 Å². The number of rotatable bonds is 3. The summed E-state index contributed by atoms with van der Waals surface area (Å²) < 4.78 is 5.93. The first-order valence-corrected chi connectivity index (χ1v) is 8.46. The average molecular weight is 332 g/mol. The summed E-state index contributed by atoms with van der Waals surface area (Å²) in [6.07, 6.45) is 1.28. The zero-order valence-electron chi connectivity index (χ0n) is 14.2. The summed E-state index contributed by atoms with van der Waals surface area (Å²) in [5.74, 6) is -1.26. The number of likely N-dealkylation sites (tertiary alicyclic amines) is 1. The van der Waals surface area contributed by atoms with E-state index in [1.54, 1.807) is 12.1 Å². The molecule has 1 spiro atoms. The number of carbonyl (C=O) groups is 2. The summed E-state index contributed by atoms with van der Waals surface area (Å²) in [6.45, 7) is 6.63. The van der Waals surface area contributed by atoms with Crippen molar-refractivity contribution in [2.24, 2.45) is 0 Å². The summed E-state index contributed by atoms with van der Waals surface area (Å²) in [4.78, 5) is 28.6. The van der Waals surface area contributed by atoms with E-state index >= 15 is 0 Å². The number of carboxylic acids is 1. The van der Waals surface area contributed by atoms with E-state index in [0.717, 1.165) is 25.2 Å². The Bertz CT molecular complexity index is 638. The summed E-state index contributed by atoms with van der Waals surface area (Å²) in [5.41, 5.74) is 0.696. The predicted octanol–water partition coefficient (Wildman–Crippen LogP) is 1.73. The largest absolute Gasteiger partial charge is 0.480 e. The maximum absolute atomic E-state index is 13.1. The molecule has 1 aromatic carbocycles. The lowest BCUT2D eigenvalue weighted by molar-refractivity contribution is -0.143. The molecule has 0 bridgehead atoms. The number of piperidine rings is 1. The Hall–Kier alpha value is -1.92. The van der Waals surface area contributed by atoms with Crippen LogP contribution in [0.2, 0.25) is 0 Å². The van der Waals surface area contributed by atoms with Gasteiger partial charge in [-0.2, -0.15) is 0 Å². The van der Waals surface area contributed by atoms with Gasteiger partial charge in [-0.05, 0) is 25.6 Å². The van der Waals surface area contributed by atoms with Crippen molar-refractivity contribution < 1.29 is 19.4 Å². The van der Waals surface area contributed by atoms with Crippen molar-refractivity contribution >= 4 is 11.9 Å². The Morgan fingerprint density at radius 3 is 2.62 bits per heavy atom. The van der Waals surface area contributed by atoms with Crippen molar-refractivity contribution in [1.29, 1.82) is 0 Å². The van der Waals surface area contributed by atoms with Crippen molar-refractivity contribution in [3.63, 3.8) is 0 Å². The molecule has 2 aliphatic rings. The number of aryl methyl sites for hydroxylation is 1. The number of carboxylic acid groups (broad SMARTS) is 1. The highest BCUT2D eigenvalue weighted by atomic mass is 16.5. The first-order chi connectivity index (χ1) is 11.5.